The molecular weight excluding hydrogens is 226 g/mol. The Morgan fingerprint density at radius 1 is 1.53 bits per heavy atom. The van der Waals surface area contributed by atoms with E-state index in [4.69, 9.17) is 4.74 Å². The van der Waals surface area contributed by atoms with Gasteiger partial charge in [0, 0.05) is 18.6 Å². The van der Waals surface area contributed by atoms with Crippen LogP contribution in [0.2, 0.25) is 0 Å². The highest BCUT2D eigenvalue weighted by Crippen LogP contribution is 2.25. The van der Waals surface area contributed by atoms with Gasteiger partial charge in [0.2, 0.25) is 0 Å². The second-order valence-corrected chi connectivity index (χ2v) is 3.74. The van der Waals surface area contributed by atoms with E-state index in [1.54, 1.807) is 6.07 Å². The molecule has 0 spiro atoms. The molecule has 0 bridgehead atoms. The molecule has 6 heteroatoms. The second kappa shape index (κ2) is 4.50. The van der Waals surface area contributed by atoms with Crippen molar-refractivity contribution in [2.45, 2.75) is 19.1 Å². The monoisotopic (exact) mass is 237 g/mol. The lowest BCUT2D eigenvalue weighted by molar-refractivity contribution is -0.385. The predicted molar refractivity (Wildman–Crippen MR) is 57.4 cm³/mol. The van der Waals surface area contributed by atoms with Gasteiger partial charge in [0.15, 0.2) is 6.10 Å². The quantitative estimate of drug-likeness (QED) is 0.439. The Morgan fingerprint density at radius 3 is 2.94 bits per heavy atom. The summed E-state index contributed by atoms with van der Waals surface area (Å²) in [6.07, 6.45) is -0.363. The smallest absolute Gasteiger partial charge is 0.335 e. The van der Waals surface area contributed by atoms with Gasteiger partial charge in [-0.3, -0.25) is 10.1 Å². The summed E-state index contributed by atoms with van der Waals surface area (Å²) in [7, 11) is 1.29. The number of methoxy groups -OCH3 is 1. The fraction of sp³-hybridized carbons (Fsp3) is 0.364. The van der Waals surface area contributed by atoms with Crippen molar-refractivity contribution in [3.8, 4) is 0 Å². The largest absolute Gasteiger partial charge is 0.467 e. The van der Waals surface area contributed by atoms with Gasteiger partial charge < -0.3 is 9.47 Å². The molecule has 0 N–H and O–H groups in total. The molecule has 1 aliphatic heterocycles. The molecule has 0 saturated carbocycles. The first-order chi connectivity index (χ1) is 8.11. The van der Waals surface area contributed by atoms with Gasteiger partial charge in [0.25, 0.3) is 5.69 Å². The number of nitro groups is 1. The van der Waals surface area contributed by atoms with Crippen molar-refractivity contribution in [3.63, 3.8) is 0 Å². The topological polar surface area (TPSA) is 78.7 Å². The number of hydrogen-bond acceptors (Lipinski definition) is 5. The van der Waals surface area contributed by atoms with Gasteiger partial charge in [-0.15, -0.1) is 0 Å². The fourth-order valence-corrected chi connectivity index (χ4v) is 1.79. The molecule has 6 nitrogen and oxygen atoms in total. The Hall–Kier alpha value is -1.95. The summed E-state index contributed by atoms with van der Waals surface area (Å²) >= 11 is 0. The molecule has 0 radical (unpaired) electrons. The van der Waals surface area contributed by atoms with E-state index in [-0.39, 0.29) is 12.3 Å². The molecule has 1 unspecified atom stereocenters. The Bertz CT molecular complexity index is 471. The molecule has 1 atom stereocenters. The van der Waals surface area contributed by atoms with E-state index >= 15 is 0 Å². The lowest BCUT2D eigenvalue weighted by Gasteiger charge is -2.22. The fourth-order valence-electron chi connectivity index (χ4n) is 1.79. The average Bonchev–Trinajstić information content (AvgIpc) is 2.36. The van der Waals surface area contributed by atoms with Crippen LogP contribution in [-0.4, -0.2) is 24.1 Å². The maximum absolute atomic E-state index is 11.3. The molecule has 90 valence electrons. The molecule has 0 aliphatic carbocycles. The van der Waals surface area contributed by atoms with Crippen LogP contribution >= 0.6 is 0 Å². The van der Waals surface area contributed by atoms with Gasteiger partial charge >= 0.3 is 5.97 Å². The van der Waals surface area contributed by atoms with E-state index < -0.39 is 17.0 Å². The molecule has 1 aliphatic rings. The van der Waals surface area contributed by atoms with Crippen molar-refractivity contribution < 1.29 is 19.2 Å². The Kier molecular flexibility index (Phi) is 3.06. The lowest BCUT2D eigenvalue weighted by Crippen LogP contribution is -2.31. The molecular formula is C11H11NO5. The minimum Gasteiger partial charge on any atom is -0.467 e. The third-order valence-corrected chi connectivity index (χ3v) is 2.71. The Morgan fingerprint density at radius 2 is 2.29 bits per heavy atom. The summed E-state index contributed by atoms with van der Waals surface area (Å²) in [6.45, 7) is 0.271. The standard InChI is InChI=1S/C11H11NO5/c1-16-11(13)10-5-8-4-9(12(14)15)3-2-7(8)6-17-10/h2-4,10H,5-6H2,1H3. The molecule has 1 aromatic rings. The Balaban J connectivity index is 2.26. The predicted octanol–water partition coefficient (Wildman–Crippen LogP) is 1.21. The van der Waals surface area contributed by atoms with Crippen LogP contribution in [0.25, 0.3) is 0 Å². The molecule has 0 saturated heterocycles. The number of benzene rings is 1. The van der Waals surface area contributed by atoms with Gasteiger partial charge in [-0.05, 0) is 17.2 Å². The first kappa shape index (κ1) is 11.5. The van der Waals surface area contributed by atoms with Gasteiger partial charge in [-0.25, -0.2) is 4.79 Å². The number of ether oxygens (including phenoxy) is 2. The third-order valence-electron chi connectivity index (χ3n) is 2.71. The zero-order valence-corrected chi connectivity index (χ0v) is 9.21. The summed E-state index contributed by atoms with van der Waals surface area (Å²) < 4.78 is 9.90. The van der Waals surface area contributed by atoms with Crippen LogP contribution in [0, 0.1) is 10.1 Å². The molecule has 1 heterocycles. The number of nitrogens with zero attached hydrogens (tertiary/aromatic N) is 1. The van der Waals surface area contributed by atoms with Gasteiger partial charge in [0.1, 0.15) is 0 Å². The van der Waals surface area contributed by atoms with Gasteiger partial charge in [0.05, 0.1) is 18.6 Å². The third kappa shape index (κ3) is 2.26. The van der Waals surface area contributed by atoms with E-state index in [2.05, 4.69) is 4.74 Å². The summed E-state index contributed by atoms with van der Waals surface area (Å²) in [4.78, 5) is 21.5. The molecule has 1 aromatic carbocycles. The normalized spacial score (nSPS) is 18.3. The highest BCUT2D eigenvalue weighted by atomic mass is 16.6. The number of carbonyl (C=O) groups excluding carboxylic acids is 1. The van der Waals surface area contributed by atoms with Crippen molar-refractivity contribution in [1.82, 2.24) is 0 Å². The van der Waals surface area contributed by atoms with Crippen molar-refractivity contribution in [2.24, 2.45) is 0 Å². The molecule has 0 fully saturated rings. The lowest BCUT2D eigenvalue weighted by atomic mass is 9.98. The van der Waals surface area contributed by atoms with E-state index in [1.807, 2.05) is 0 Å². The van der Waals surface area contributed by atoms with Crippen molar-refractivity contribution in [3.05, 3.63) is 39.4 Å². The van der Waals surface area contributed by atoms with Crippen molar-refractivity contribution >= 4 is 11.7 Å². The number of carbonyl (C=O) groups is 1. The number of rotatable bonds is 2. The SMILES string of the molecule is COC(=O)C1Cc2cc([N+](=O)[O-])ccc2CO1. The van der Waals surface area contributed by atoms with E-state index in [9.17, 15) is 14.9 Å². The zero-order valence-electron chi connectivity index (χ0n) is 9.21. The first-order valence-electron chi connectivity index (χ1n) is 5.07. The number of fused-ring (bicyclic) bond motifs is 1. The molecule has 17 heavy (non-hydrogen) atoms. The van der Waals surface area contributed by atoms with Crippen LogP contribution in [0.1, 0.15) is 11.1 Å². The first-order valence-corrected chi connectivity index (χ1v) is 5.07. The van der Waals surface area contributed by atoms with E-state index in [1.165, 1.54) is 19.2 Å². The number of esters is 1. The van der Waals surface area contributed by atoms with Crippen LogP contribution in [0.5, 0.6) is 0 Å². The molecule has 2 rings (SSSR count). The summed E-state index contributed by atoms with van der Waals surface area (Å²) in [6, 6.07) is 4.56. The summed E-state index contributed by atoms with van der Waals surface area (Å²) in [5.41, 5.74) is 1.66. The highest BCUT2D eigenvalue weighted by molar-refractivity contribution is 5.75. The van der Waals surface area contributed by atoms with Crippen LogP contribution < -0.4 is 0 Å². The van der Waals surface area contributed by atoms with Crippen LogP contribution in [0.3, 0.4) is 0 Å². The number of non-ortho nitro benzene ring substituents is 1. The average molecular weight is 237 g/mol. The molecule has 0 aromatic heterocycles. The molecule has 0 amide bonds. The number of hydrogen-bond donors (Lipinski definition) is 0. The number of nitro benzene ring substituents is 1. The van der Waals surface area contributed by atoms with Crippen LogP contribution in [0.4, 0.5) is 5.69 Å². The van der Waals surface area contributed by atoms with Gasteiger partial charge in [-0.2, -0.15) is 0 Å². The second-order valence-electron chi connectivity index (χ2n) is 3.74. The summed E-state index contributed by atoms with van der Waals surface area (Å²) in [5.74, 6) is -0.456. The van der Waals surface area contributed by atoms with E-state index in [0.717, 1.165) is 11.1 Å². The van der Waals surface area contributed by atoms with Gasteiger partial charge in [-0.1, -0.05) is 0 Å². The van der Waals surface area contributed by atoms with Crippen molar-refractivity contribution in [2.75, 3.05) is 7.11 Å². The summed E-state index contributed by atoms with van der Waals surface area (Å²) in [5, 5.41) is 10.6. The van der Waals surface area contributed by atoms with E-state index in [0.29, 0.717) is 6.42 Å². The highest BCUT2D eigenvalue weighted by Gasteiger charge is 2.27. The minimum atomic E-state index is -0.672. The van der Waals surface area contributed by atoms with Crippen LogP contribution in [-0.2, 0) is 27.3 Å². The Labute approximate surface area is 97.3 Å². The maximum atomic E-state index is 11.3. The maximum Gasteiger partial charge on any atom is 0.335 e. The minimum absolute atomic E-state index is 0.0225. The van der Waals surface area contributed by atoms with Crippen molar-refractivity contribution in [1.29, 1.82) is 0 Å². The zero-order chi connectivity index (χ0) is 12.4. The van der Waals surface area contributed by atoms with Crippen LogP contribution in [0.15, 0.2) is 18.2 Å².